The van der Waals surface area contributed by atoms with E-state index in [2.05, 4.69) is 22.1 Å². The van der Waals surface area contributed by atoms with E-state index in [0.717, 1.165) is 22.8 Å². The highest BCUT2D eigenvalue weighted by Crippen LogP contribution is 2.46. The smallest absolute Gasteiger partial charge is 0.251 e. The summed E-state index contributed by atoms with van der Waals surface area (Å²) in [5.41, 5.74) is 7.79. The average Bonchev–Trinajstić information content (AvgIpc) is 3.03. The lowest BCUT2D eigenvalue weighted by Gasteiger charge is -2.40. The van der Waals surface area contributed by atoms with E-state index in [1.165, 1.54) is 18.8 Å². The van der Waals surface area contributed by atoms with E-state index in [1.54, 1.807) is 16.7 Å². The molecule has 1 fully saturated rings. The fourth-order valence-electron chi connectivity index (χ4n) is 4.11. The molecule has 0 aliphatic carbocycles. The van der Waals surface area contributed by atoms with Gasteiger partial charge >= 0.3 is 0 Å². The van der Waals surface area contributed by atoms with Gasteiger partial charge in [0.1, 0.15) is 16.9 Å². The summed E-state index contributed by atoms with van der Waals surface area (Å²) in [6.45, 7) is 7.40. The first-order chi connectivity index (χ1) is 14.9. The van der Waals surface area contributed by atoms with E-state index >= 15 is 0 Å². The van der Waals surface area contributed by atoms with E-state index in [0.29, 0.717) is 25.5 Å². The van der Waals surface area contributed by atoms with Gasteiger partial charge < -0.3 is 20.5 Å². The van der Waals surface area contributed by atoms with Crippen molar-refractivity contribution in [3.63, 3.8) is 0 Å². The molecule has 9 heteroatoms. The summed E-state index contributed by atoms with van der Waals surface area (Å²) in [6, 6.07) is 6.33. The standard InChI is InChI=1S/C22H29N5O3S/c1-12(2)25-20(24-11-23)21-26-19-16-8-14(15-9-27(10-15)22(29)13(3)28)4-5-17(16)30-7-6-18(19)31-21/h4-5,8,11-13,15,18-19,28H,6-7,9-10H2,1-3H3,(H2,23,24,25)/t13-,18?,19?/m0/s1. The van der Waals surface area contributed by atoms with Crippen molar-refractivity contribution in [1.82, 2.24) is 4.90 Å². The largest absolute Gasteiger partial charge is 0.493 e. The molecule has 0 aromatic heterocycles. The number of carbonyl (C=O) groups is 1. The van der Waals surface area contributed by atoms with E-state index in [4.69, 9.17) is 15.5 Å². The SMILES string of the molecule is CC(C)N=C(N=CN)C1=NC2c3cc(C4CN(C(=O)[C@H](C)O)C4)ccc3OCCC2S1. The van der Waals surface area contributed by atoms with Crippen LogP contribution in [0.4, 0.5) is 0 Å². The topological polar surface area (TPSA) is 113 Å². The van der Waals surface area contributed by atoms with Gasteiger partial charge in [0.25, 0.3) is 5.91 Å². The molecule has 2 unspecified atom stereocenters. The number of aliphatic hydroxyl groups excluding tert-OH is 1. The molecule has 8 nitrogen and oxygen atoms in total. The van der Waals surface area contributed by atoms with Crippen LogP contribution in [0.25, 0.3) is 0 Å². The molecule has 3 aliphatic rings. The number of carbonyl (C=O) groups excluding carboxylic acids is 1. The normalized spacial score (nSPS) is 24.9. The van der Waals surface area contributed by atoms with Crippen molar-refractivity contribution in [3.05, 3.63) is 29.3 Å². The van der Waals surface area contributed by atoms with Gasteiger partial charge in [0.2, 0.25) is 0 Å². The van der Waals surface area contributed by atoms with Crippen molar-refractivity contribution in [1.29, 1.82) is 0 Å². The van der Waals surface area contributed by atoms with Crippen LogP contribution < -0.4 is 10.5 Å². The Morgan fingerprint density at radius 1 is 1.39 bits per heavy atom. The van der Waals surface area contributed by atoms with Gasteiger partial charge in [-0.2, -0.15) is 0 Å². The maximum absolute atomic E-state index is 12.0. The number of amidine groups is 1. The monoisotopic (exact) mass is 443 g/mol. The van der Waals surface area contributed by atoms with Crippen molar-refractivity contribution >= 4 is 34.9 Å². The number of rotatable bonds is 4. The second-order valence-electron chi connectivity index (χ2n) is 8.41. The van der Waals surface area contributed by atoms with Crippen LogP contribution in [0.3, 0.4) is 0 Å². The van der Waals surface area contributed by atoms with Gasteiger partial charge in [-0.3, -0.25) is 14.8 Å². The molecule has 4 rings (SSSR count). The number of nitrogens with zero attached hydrogens (tertiary/aromatic N) is 4. The van der Waals surface area contributed by atoms with Gasteiger partial charge in [-0.15, -0.1) is 0 Å². The number of likely N-dealkylation sites (tertiary alicyclic amines) is 1. The van der Waals surface area contributed by atoms with Gasteiger partial charge in [0.05, 0.1) is 19.0 Å². The summed E-state index contributed by atoms with van der Waals surface area (Å²) in [4.78, 5) is 27.5. The van der Waals surface area contributed by atoms with Crippen LogP contribution in [-0.2, 0) is 4.79 Å². The molecular formula is C22H29N5O3S. The number of aliphatic hydroxyl groups is 1. The van der Waals surface area contributed by atoms with Crippen LogP contribution in [0.5, 0.6) is 5.75 Å². The molecule has 0 radical (unpaired) electrons. The summed E-state index contributed by atoms with van der Waals surface area (Å²) in [5.74, 6) is 1.49. The predicted molar refractivity (Wildman–Crippen MR) is 124 cm³/mol. The number of thioether (sulfide) groups is 1. The molecule has 1 amide bonds. The second kappa shape index (κ2) is 9.00. The third kappa shape index (κ3) is 4.48. The first kappa shape index (κ1) is 21.8. The number of ether oxygens (including phenoxy) is 1. The zero-order valence-corrected chi connectivity index (χ0v) is 18.9. The Bertz CT molecular complexity index is 937. The molecule has 3 heterocycles. The Morgan fingerprint density at radius 2 is 2.16 bits per heavy atom. The van der Waals surface area contributed by atoms with Gasteiger partial charge in [-0.25, -0.2) is 4.99 Å². The maximum Gasteiger partial charge on any atom is 0.251 e. The number of benzene rings is 1. The Balaban J connectivity index is 1.60. The Hall–Kier alpha value is -2.39. The molecule has 0 bridgehead atoms. The molecular weight excluding hydrogens is 414 g/mol. The lowest BCUT2D eigenvalue weighted by Crippen LogP contribution is -2.51. The highest BCUT2D eigenvalue weighted by molar-refractivity contribution is 8.16. The summed E-state index contributed by atoms with van der Waals surface area (Å²) in [7, 11) is 0. The number of nitrogens with two attached hydrogens (primary N) is 1. The van der Waals surface area contributed by atoms with Crippen LogP contribution in [-0.4, -0.2) is 70.2 Å². The quantitative estimate of drug-likeness (QED) is 0.547. The van der Waals surface area contributed by atoms with Crippen molar-refractivity contribution in [2.45, 2.75) is 56.5 Å². The first-order valence-electron chi connectivity index (χ1n) is 10.7. The third-order valence-corrected chi connectivity index (χ3v) is 6.98. The lowest BCUT2D eigenvalue weighted by atomic mass is 9.88. The zero-order valence-electron chi connectivity index (χ0n) is 18.1. The van der Waals surface area contributed by atoms with E-state index in [1.807, 2.05) is 19.9 Å². The number of aliphatic imine (C=N–C) groups is 3. The minimum absolute atomic E-state index is 0.0296. The maximum atomic E-state index is 12.0. The van der Waals surface area contributed by atoms with Crippen molar-refractivity contribution in [2.75, 3.05) is 19.7 Å². The summed E-state index contributed by atoms with van der Waals surface area (Å²) >= 11 is 1.69. The number of hydrogen-bond donors (Lipinski definition) is 2. The lowest BCUT2D eigenvalue weighted by molar-refractivity contribution is -0.143. The average molecular weight is 444 g/mol. The van der Waals surface area contributed by atoms with E-state index in [-0.39, 0.29) is 29.2 Å². The van der Waals surface area contributed by atoms with Crippen LogP contribution in [0.2, 0.25) is 0 Å². The van der Waals surface area contributed by atoms with Crippen LogP contribution >= 0.6 is 11.8 Å². The Morgan fingerprint density at radius 3 is 2.84 bits per heavy atom. The molecule has 1 saturated heterocycles. The molecule has 0 spiro atoms. The van der Waals surface area contributed by atoms with Crippen molar-refractivity contribution in [3.8, 4) is 5.75 Å². The highest BCUT2D eigenvalue weighted by atomic mass is 32.2. The molecule has 3 N–H and O–H groups in total. The van der Waals surface area contributed by atoms with Gasteiger partial charge in [0, 0.05) is 35.9 Å². The van der Waals surface area contributed by atoms with Crippen molar-refractivity contribution < 1.29 is 14.6 Å². The first-order valence-corrected chi connectivity index (χ1v) is 11.6. The van der Waals surface area contributed by atoms with Gasteiger partial charge in [-0.1, -0.05) is 17.8 Å². The van der Waals surface area contributed by atoms with Crippen molar-refractivity contribution in [2.24, 2.45) is 20.7 Å². The number of fused-ring (bicyclic) bond motifs is 3. The third-order valence-electron chi connectivity index (χ3n) is 5.67. The van der Waals surface area contributed by atoms with E-state index < -0.39 is 6.10 Å². The summed E-state index contributed by atoms with van der Waals surface area (Å²) in [5, 5.41) is 10.6. The van der Waals surface area contributed by atoms with Crippen LogP contribution in [0.1, 0.15) is 50.3 Å². The fraction of sp³-hybridized carbons (Fsp3) is 0.545. The molecule has 1 aromatic rings. The molecule has 31 heavy (non-hydrogen) atoms. The zero-order chi connectivity index (χ0) is 22.1. The highest BCUT2D eigenvalue weighted by Gasteiger charge is 2.38. The predicted octanol–water partition coefficient (Wildman–Crippen LogP) is 2.12. The van der Waals surface area contributed by atoms with Crippen LogP contribution in [0.15, 0.2) is 33.2 Å². The van der Waals surface area contributed by atoms with Crippen LogP contribution in [0, 0.1) is 0 Å². The number of hydrogen-bond acceptors (Lipinski definition) is 6. The minimum Gasteiger partial charge on any atom is -0.493 e. The Kier molecular flexibility index (Phi) is 6.34. The summed E-state index contributed by atoms with van der Waals surface area (Å²) in [6.07, 6.45) is 1.20. The fourth-order valence-corrected chi connectivity index (χ4v) is 5.33. The van der Waals surface area contributed by atoms with E-state index in [9.17, 15) is 9.90 Å². The molecule has 3 aliphatic heterocycles. The number of amides is 1. The minimum atomic E-state index is -0.955. The molecule has 3 atom stereocenters. The molecule has 166 valence electrons. The van der Waals surface area contributed by atoms with Gasteiger partial charge in [0.15, 0.2) is 5.84 Å². The summed E-state index contributed by atoms with van der Waals surface area (Å²) < 4.78 is 6.01. The van der Waals surface area contributed by atoms with Gasteiger partial charge in [-0.05, 0) is 44.9 Å². The second-order valence-corrected chi connectivity index (χ2v) is 9.64. The molecule has 0 saturated carbocycles. The Labute approximate surface area is 186 Å². The molecule has 1 aromatic carbocycles.